The van der Waals surface area contributed by atoms with Crippen LogP contribution in [0.2, 0.25) is 0 Å². The van der Waals surface area contributed by atoms with Crippen LogP contribution in [0, 0.1) is 23.7 Å². The molecule has 3 aliphatic carbocycles. The van der Waals surface area contributed by atoms with Crippen molar-refractivity contribution in [2.75, 3.05) is 0 Å². The molecule has 1 nitrogen and oxygen atoms in total. The van der Waals surface area contributed by atoms with Crippen molar-refractivity contribution in [2.24, 2.45) is 23.7 Å². The van der Waals surface area contributed by atoms with Crippen molar-refractivity contribution in [3.05, 3.63) is 0 Å². The topological polar surface area (TPSA) is 20.2 Å². The Morgan fingerprint density at radius 3 is 2.31 bits per heavy atom. The Bertz CT molecular complexity index is 213. The molecule has 3 fully saturated rings. The summed E-state index contributed by atoms with van der Waals surface area (Å²) < 4.78 is 0. The molecule has 4 atom stereocenters. The molecule has 4 unspecified atom stereocenters. The van der Waals surface area contributed by atoms with Gasteiger partial charge in [0.15, 0.2) is 0 Å². The first-order valence-electron chi connectivity index (χ1n) is 5.99. The van der Waals surface area contributed by atoms with Gasteiger partial charge in [0.2, 0.25) is 0 Å². The summed E-state index contributed by atoms with van der Waals surface area (Å²) in [6.45, 7) is 2.22. The molecule has 0 amide bonds. The van der Waals surface area contributed by atoms with E-state index in [2.05, 4.69) is 6.92 Å². The van der Waals surface area contributed by atoms with Gasteiger partial charge in [-0.2, -0.15) is 0 Å². The summed E-state index contributed by atoms with van der Waals surface area (Å²) >= 11 is 0. The third-order valence-corrected chi connectivity index (χ3v) is 4.85. The summed E-state index contributed by atoms with van der Waals surface area (Å²) in [7, 11) is 0. The molecule has 1 heteroatoms. The molecule has 13 heavy (non-hydrogen) atoms. The first-order chi connectivity index (χ1) is 6.27. The number of hydrogen-bond donors (Lipinski definition) is 1. The minimum atomic E-state index is -0.186. The van der Waals surface area contributed by atoms with Gasteiger partial charge in [0, 0.05) is 0 Å². The molecular weight excluding hydrogens is 160 g/mol. The van der Waals surface area contributed by atoms with E-state index in [-0.39, 0.29) is 5.60 Å². The van der Waals surface area contributed by atoms with Gasteiger partial charge in [0.25, 0.3) is 0 Å². The highest BCUT2D eigenvalue weighted by Gasteiger charge is 2.69. The SMILES string of the molecule is CCC1CC1(O)C1C2CCCCC21. The van der Waals surface area contributed by atoms with E-state index >= 15 is 0 Å². The van der Waals surface area contributed by atoms with Crippen LogP contribution in [-0.2, 0) is 0 Å². The highest BCUT2D eigenvalue weighted by atomic mass is 16.3. The maximum Gasteiger partial charge on any atom is 0.0714 e. The Morgan fingerprint density at radius 1 is 1.23 bits per heavy atom. The molecule has 0 aliphatic heterocycles. The molecule has 0 aromatic rings. The second kappa shape index (κ2) is 2.50. The number of rotatable bonds is 2. The quantitative estimate of drug-likeness (QED) is 0.692. The molecule has 0 radical (unpaired) electrons. The van der Waals surface area contributed by atoms with Crippen LogP contribution in [0.4, 0.5) is 0 Å². The van der Waals surface area contributed by atoms with E-state index in [9.17, 15) is 5.11 Å². The number of aliphatic hydroxyl groups is 1. The Balaban J connectivity index is 1.69. The second-order valence-corrected chi connectivity index (χ2v) is 5.44. The van der Waals surface area contributed by atoms with Crippen molar-refractivity contribution in [1.29, 1.82) is 0 Å². The van der Waals surface area contributed by atoms with Crippen molar-refractivity contribution >= 4 is 0 Å². The normalized spacial score (nSPS) is 58.6. The van der Waals surface area contributed by atoms with E-state index in [4.69, 9.17) is 0 Å². The fourth-order valence-corrected chi connectivity index (χ4v) is 3.98. The first kappa shape index (κ1) is 8.28. The maximum absolute atomic E-state index is 10.4. The van der Waals surface area contributed by atoms with E-state index in [0.717, 1.165) is 24.2 Å². The largest absolute Gasteiger partial charge is 0.389 e. The lowest BCUT2D eigenvalue weighted by atomic mass is 10.0. The average molecular weight is 180 g/mol. The van der Waals surface area contributed by atoms with Crippen LogP contribution >= 0.6 is 0 Å². The van der Waals surface area contributed by atoms with Gasteiger partial charge in [-0.15, -0.1) is 0 Å². The predicted octanol–water partition coefficient (Wildman–Crippen LogP) is 2.58. The molecule has 0 spiro atoms. The van der Waals surface area contributed by atoms with Gasteiger partial charge < -0.3 is 5.11 Å². The van der Waals surface area contributed by atoms with Crippen molar-refractivity contribution in [3.63, 3.8) is 0 Å². The van der Waals surface area contributed by atoms with E-state index in [1.807, 2.05) is 0 Å². The Hall–Kier alpha value is -0.0400. The van der Waals surface area contributed by atoms with Gasteiger partial charge in [-0.1, -0.05) is 26.2 Å². The Morgan fingerprint density at radius 2 is 1.85 bits per heavy atom. The summed E-state index contributed by atoms with van der Waals surface area (Å²) in [5.41, 5.74) is -0.186. The zero-order valence-corrected chi connectivity index (χ0v) is 8.50. The predicted molar refractivity (Wildman–Crippen MR) is 52.3 cm³/mol. The Labute approximate surface area is 80.5 Å². The maximum atomic E-state index is 10.4. The van der Waals surface area contributed by atoms with E-state index in [1.165, 1.54) is 32.1 Å². The van der Waals surface area contributed by atoms with E-state index < -0.39 is 0 Å². The third-order valence-electron chi connectivity index (χ3n) is 4.85. The highest BCUT2D eigenvalue weighted by Crippen LogP contribution is 2.68. The fourth-order valence-electron chi connectivity index (χ4n) is 3.98. The number of hydrogen-bond acceptors (Lipinski definition) is 1. The average Bonchev–Trinajstić information content (AvgIpc) is 2.99. The van der Waals surface area contributed by atoms with Crippen molar-refractivity contribution < 1.29 is 5.11 Å². The van der Waals surface area contributed by atoms with Crippen LogP contribution in [0.25, 0.3) is 0 Å². The molecular formula is C12H20O. The van der Waals surface area contributed by atoms with Crippen molar-refractivity contribution in [2.45, 2.75) is 51.0 Å². The number of fused-ring (bicyclic) bond motifs is 1. The summed E-state index contributed by atoms with van der Waals surface area (Å²) in [6, 6.07) is 0. The van der Waals surface area contributed by atoms with Crippen LogP contribution < -0.4 is 0 Å². The fraction of sp³-hybridized carbons (Fsp3) is 1.00. The van der Waals surface area contributed by atoms with Gasteiger partial charge in [0.05, 0.1) is 5.60 Å². The summed E-state index contributed by atoms with van der Waals surface area (Å²) in [5, 5.41) is 10.4. The molecule has 0 saturated heterocycles. The lowest BCUT2D eigenvalue weighted by Crippen LogP contribution is -2.16. The molecule has 0 bridgehead atoms. The standard InChI is InChI=1S/C12H20O/c1-2-8-7-12(8,13)11-9-5-3-4-6-10(9)11/h8-11,13H,2-7H2,1H3. The van der Waals surface area contributed by atoms with Gasteiger partial charge in [-0.3, -0.25) is 0 Å². The molecule has 3 saturated carbocycles. The van der Waals surface area contributed by atoms with Crippen LogP contribution in [-0.4, -0.2) is 10.7 Å². The minimum absolute atomic E-state index is 0.186. The van der Waals surface area contributed by atoms with E-state index in [0.29, 0.717) is 5.92 Å². The third kappa shape index (κ3) is 1.03. The molecule has 3 aliphatic rings. The van der Waals surface area contributed by atoms with Crippen LogP contribution in [0.15, 0.2) is 0 Å². The molecule has 1 N–H and O–H groups in total. The Kier molecular flexibility index (Phi) is 1.59. The van der Waals surface area contributed by atoms with Crippen LogP contribution in [0.5, 0.6) is 0 Å². The van der Waals surface area contributed by atoms with E-state index in [1.54, 1.807) is 0 Å². The summed E-state index contributed by atoms with van der Waals surface area (Å²) in [6.07, 6.45) is 7.96. The van der Waals surface area contributed by atoms with Crippen LogP contribution in [0.1, 0.15) is 45.4 Å². The van der Waals surface area contributed by atoms with Crippen LogP contribution in [0.3, 0.4) is 0 Å². The van der Waals surface area contributed by atoms with Crippen molar-refractivity contribution in [1.82, 2.24) is 0 Å². The molecule has 0 heterocycles. The van der Waals surface area contributed by atoms with Gasteiger partial charge in [0.1, 0.15) is 0 Å². The van der Waals surface area contributed by atoms with Crippen molar-refractivity contribution in [3.8, 4) is 0 Å². The summed E-state index contributed by atoms with van der Waals surface area (Å²) in [4.78, 5) is 0. The monoisotopic (exact) mass is 180 g/mol. The summed E-state index contributed by atoms with van der Waals surface area (Å²) in [5.74, 6) is 3.23. The van der Waals surface area contributed by atoms with Gasteiger partial charge >= 0.3 is 0 Å². The van der Waals surface area contributed by atoms with Gasteiger partial charge in [-0.05, 0) is 42.9 Å². The first-order valence-corrected chi connectivity index (χ1v) is 5.99. The smallest absolute Gasteiger partial charge is 0.0714 e. The lowest BCUT2D eigenvalue weighted by molar-refractivity contribution is 0.0955. The lowest BCUT2D eigenvalue weighted by Gasteiger charge is -2.08. The molecule has 0 aromatic carbocycles. The highest BCUT2D eigenvalue weighted by molar-refractivity contribution is 5.18. The molecule has 0 aromatic heterocycles. The second-order valence-electron chi connectivity index (χ2n) is 5.44. The molecule has 3 rings (SSSR count). The molecule has 74 valence electrons. The zero-order chi connectivity index (χ0) is 9.05. The minimum Gasteiger partial charge on any atom is -0.389 e. The zero-order valence-electron chi connectivity index (χ0n) is 8.50. The van der Waals surface area contributed by atoms with Gasteiger partial charge in [-0.25, -0.2) is 0 Å².